The van der Waals surface area contributed by atoms with Crippen LogP contribution in [0.4, 0.5) is 17.3 Å². The molecule has 2 aliphatic rings. The number of morpholine rings is 1. The van der Waals surface area contributed by atoms with Crippen molar-refractivity contribution >= 4 is 17.3 Å². The Kier molecular flexibility index (Phi) is 6.72. The fourth-order valence-corrected chi connectivity index (χ4v) is 4.46. The van der Waals surface area contributed by atoms with Crippen molar-refractivity contribution in [3.63, 3.8) is 0 Å². The highest BCUT2D eigenvalue weighted by atomic mass is 16.5. The smallest absolute Gasteiger partial charge is 0.230 e. The first-order valence-corrected chi connectivity index (χ1v) is 11.3. The van der Waals surface area contributed by atoms with Crippen LogP contribution >= 0.6 is 0 Å². The lowest BCUT2D eigenvalue weighted by Gasteiger charge is -2.36. The normalized spacial score (nSPS) is 27.0. The zero-order valence-electron chi connectivity index (χ0n) is 18.4. The van der Waals surface area contributed by atoms with E-state index >= 15 is 0 Å². The Labute approximate surface area is 180 Å². The Morgan fingerprint density at radius 3 is 2.40 bits per heavy atom. The van der Waals surface area contributed by atoms with Gasteiger partial charge in [-0.05, 0) is 62.8 Å². The Balaban J connectivity index is 1.32. The molecule has 6 heteroatoms. The lowest BCUT2D eigenvalue weighted by Crippen LogP contribution is -2.45. The van der Waals surface area contributed by atoms with E-state index in [-0.39, 0.29) is 12.2 Å². The molecule has 1 aromatic carbocycles. The van der Waals surface area contributed by atoms with E-state index in [1.54, 1.807) is 6.20 Å². The first-order valence-electron chi connectivity index (χ1n) is 11.3. The third kappa shape index (κ3) is 5.63. The van der Waals surface area contributed by atoms with Gasteiger partial charge in [0.05, 0.1) is 18.8 Å². The summed E-state index contributed by atoms with van der Waals surface area (Å²) in [6.07, 6.45) is 7.37. The molecule has 1 aromatic heterocycles. The van der Waals surface area contributed by atoms with E-state index in [9.17, 15) is 0 Å². The van der Waals surface area contributed by atoms with Gasteiger partial charge in [0.2, 0.25) is 11.8 Å². The molecule has 0 unspecified atom stereocenters. The van der Waals surface area contributed by atoms with Crippen LogP contribution in [0, 0.1) is 11.8 Å². The zero-order chi connectivity index (χ0) is 20.9. The Hall–Kier alpha value is -2.34. The third-order valence-corrected chi connectivity index (χ3v) is 6.14. The topological polar surface area (TPSA) is 59.5 Å². The van der Waals surface area contributed by atoms with Crippen molar-refractivity contribution in [1.82, 2.24) is 9.97 Å². The van der Waals surface area contributed by atoms with Gasteiger partial charge in [0, 0.05) is 36.7 Å². The molecule has 2 fully saturated rings. The fraction of sp³-hybridized carbons (Fsp3) is 0.583. The number of hydrogen-bond acceptors (Lipinski definition) is 6. The quantitative estimate of drug-likeness (QED) is 0.720. The summed E-state index contributed by atoms with van der Waals surface area (Å²) in [6.45, 7) is 9.17. The Morgan fingerprint density at radius 2 is 1.70 bits per heavy atom. The minimum Gasteiger partial charge on any atom is -0.477 e. The lowest BCUT2D eigenvalue weighted by atomic mass is 9.83. The van der Waals surface area contributed by atoms with Gasteiger partial charge in [0.15, 0.2) is 0 Å². The number of anilines is 3. The molecule has 4 rings (SSSR count). The van der Waals surface area contributed by atoms with Gasteiger partial charge in [-0.2, -0.15) is 4.98 Å². The average Bonchev–Trinajstić information content (AvgIpc) is 2.73. The molecule has 1 saturated heterocycles. The Morgan fingerprint density at radius 1 is 1.00 bits per heavy atom. The molecule has 2 heterocycles. The van der Waals surface area contributed by atoms with Crippen LogP contribution in [0.5, 0.6) is 5.88 Å². The molecule has 0 amide bonds. The van der Waals surface area contributed by atoms with Crippen LogP contribution < -0.4 is 15.0 Å². The molecule has 2 atom stereocenters. The number of nitrogens with one attached hydrogen (secondary N) is 1. The van der Waals surface area contributed by atoms with Gasteiger partial charge in [-0.1, -0.05) is 19.8 Å². The SMILES string of the molecule is CC1CCC(COc2ccnc(Nc3ccc(N4C[C@@H](C)O[C@@H](C)C4)cc3)n2)CC1. The number of rotatable bonds is 6. The number of aromatic nitrogens is 2. The van der Waals surface area contributed by atoms with E-state index < -0.39 is 0 Å². The number of hydrogen-bond donors (Lipinski definition) is 1. The number of nitrogens with zero attached hydrogens (tertiary/aromatic N) is 3. The second-order valence-electron chi connectivity index (χ2n) is 8.99. The van der Waals surface area contributed by atoms with Crippen LogP contribution in [0.15, 0.2) is 36.5 Å². The highest BCUT2D eigenvalue weighted by molar-refractivity contribution is 5.59. The van der Waals surface area contributed by atoms with Crippen molar-refractivity contribution in [1.29, 1.82) is 0 Å². The molecule has 0 spiro atoms. The van der Waals surface area contributed by atoms with Gasteiger partial charge in [0.1, 0.15) is 0 Å². The molecule has 1 aliphatic carbocycles. The van der Waals surface area contributed by atoms with Crippen LogP contribution in [0.1, 0.15) is 46.5 Å². The molecule has 0 radical (unpaired) electrons. The summed E-state index contributed by atoms with van der Waals surface area (Å²) in [7, 11) is 0. The predicted octanol–water partition coefficient (Wildman–Crippen LogP) is 5.04. The summed E-state index contributed by atoms with van der Waals surface area (Å²) in [5, 5.41) is 3.29. The van der Waals surface area contributed by atoms with Gasteiger partial charge in [-0.3, -0.25) is 0 Å². The van der Waals surface area contributed by atoms with Gasteiger partial charge < -0.3 is 19.7 Å². The molecule has 0 bridgehead atoms. The zero-order valence-corrected chi connectivity index (χ0v) is 18.4. The van der Waals surface area contributed by atoms with Gasteiger partial charge in [-0.15, -0.1) is 0 Å². The second kappa shape index (κ2) is 9.65. The van der Waals surface area contributed by atoms with Crippen molar-refractivity contribution < 1.29 is 9.47 Å². The largest absolute Gasteiger partial charge is 0.477 e. The van der Waals surface area contributed by atoms with E-state index in [0.717, 1.165) is 31.3 Å². The van der Waals surface area contributed by atoms with E-state index in [4.69, 9.17) is 9.47 Å². The monoisotopic (exact) mass is 410 g/mol. The summed E-state index contributed by atoms with van der Waals surface area (Å²) < 4.78 is 11.8. The van der Waals surface area contributed by atoms with Crippen LogP contribution in [0.3, 0.4) is 0 Å². The number of ether oxygens (including phenoxy) is 2. The Bertz CT molecular complexity index is 795. The molecule has 1 saturated carbocycles. The molecule has 1 aliphatic heterocycles. The fourth-order valence-electron chi connectivity index (χ4n) is 4.46. The molecule has 2 aromatic rings. The van der Waals surface area contributed by atoms with Crippen molar-refractivity contribution in [3.05, 3.63) is 36.5 Å². The summed E-state index contributed by atoms with van der Waals surface area (Å²) in [6, 6.07) is 10.2. The van der Waals surface area contributed by atoms with Crippen LogP contribution in [-0.4, -0.2) is 41.9 Å². The highest BCUT2D eigenvalue weighted by Gasteiger charge is 2.22. The molecular weight excluding hydrogens is 376 g/mol. The number of benzene rings is 1. The average molecular weight is 411 g/mol. The van der Waals surface area contributed by atoms with Gasteiger partial charge >= 0.3 is 0 Å². The maximum atomic E-state index is 5.97. The van der Waals surface area contributed by atoms with E-state index in [1.807, 2.05) is 6.07 Å². The summed E-state index contributed by atoms with van der Waals surface area (Å²) in [5.41, 5.74) is 2.17. The third-order valence-electron chi connectivity index (χ3n) is 6.14. The van der Waals surface area contributed by atoms with Gasteiger partial charge in [0.25, 0.3) is 0 Å². The summed E-state index contributed by atoms with van der Waals surface area (Å²) >= 11 is 0. The second-order valence-corrected chi connectivity index (χ2v) is 8.99. The molecule has 6 nitrogen and oxygen atoms in total. The minimum absolute atomic E-state index is 0.250. The lowest BCUT2D eigenvalue weighted by molar-refractivity contribution is -0.00521. The molecule has 1 N–H and O–H groups in total. The van der Waals surface area contributed by atoms with Crippen LogP contribution in [0.2, 0.25) is 0 Å². The first-order chi connectivity index (χ1) is 14.5. The highest BCUT2D eigenvalue weighted by Crippen LogP contribution is 2.29. The maximum Gasteiger partial charge on any atom is 0.230 e. The van der Waals surface area contributed by atoms with Crippen LogP contribution in [-0.2, 0) is 4.74 Å². The van der Waals surface area contributed by atoms with E-state index in [0.29, 0.717) is 17.7 Å². The van der Waals surface area contributed by atoms with E-state index in [2.05, 4.69) is 65.2 Å². The van der Waals surface area contributed by atoms with E-state index in [1.165, 1.54) is 31.4 Å². The summed E-state index contributed by atoms with van der Waals surface area (Å²) in [4.78, 5) is 11.2. The summed E-state index contributed by atoms with van der Waals surface area (Å²) in [5.74, 6) is 2.70. The van der Waals surface area contributed by atoms with Gasteiger partial charge in [-0.25, -0.2) is 4.98 Å². The molecular formula is C24H34N4O2. The first kappa shape index (κ1) is 20.9. The van der Waals surface area contributed by atoms with Crippen molar-refractivity contribution in [2.75, 3.05) is 29.9 Å². The van der Waals surface area contributed by atoms with Crippen molar-refractivity contribution in [3.8, 4) is 5.88 Å². The maximum absolute atomic E-state index is 5.97. The van der Waals surface area contributed by atoms with Crippen molar-refractivity contribution in [2.45, 2.75) is 58.7 Å². The standard InChI is InChI=1S/C24H34N4O2/c1-17-4-6-20(7-5-17)16-29-23-12-13-25-24(27-23)26-21-8-10-22(11-9-21)28-14-18(2)30-19(3)15-28/h8-13,17-20H,4-7,14-16H2,1-3H3,(H,25,26,27)/t17?,18-,19+,20?. The minimum atomic E-state index is 0.250. The van der Waals surface area contributed by atoms with Crippen molar-refractivity contribution in [2.24, 2.45) is 11.8 Å². The van der Waals surface area contributed by atoms with Crippen LogP contribution in [0.25, 0.3) is 0 Å². The predicted molar refractivity (Wildman–Crippen MR) is 121 cm³/mol. The molecule has 30 heavy (non-hydrogen) atoms. The molecule has 162 valence electrons.